The zero-order valence-corrected chi connectivity index (χ0v) is 11.6. The Labute approximate surface area is 121 Å². The fourth-order valence-corrected chi connectivity index (χ4v) is 3.01. The van der Waals surface area contributed by atoms with Gasteiger partial charge in [0.05, 0.1) is 36.7 Å². The number of carbonyl (C=O) groups excluding carboxylic acids is 1. The van der Waals surface area contributed by atoms with E-state index in [0.29, 0.717) is 31.9 Å². The second-order valence-corrected chi connectivity index (χ2v) is 5.36. The van der Waals surface area contributed by atoms with Gasteiger partial charge < -0.3 is 14.4 Å². The highest BCUT2D eigenvalue weighted by Crippen LogP contribution is 2.31. The van der Waals surface area contributed by atoms with Crippen LogP contribution in [-0.4, -0.2) is 57.5 Å². The molecule has 2 aromatic heterocycles. The Balaban J connectivity index is 1.53. The molecular formula is C14H16N4O3. The molecule has 0 N–H and O–H groups in total. The second-order valence-electron chi connectivity index (χ2n) is 5.36. The highest BCUT2D eigenvalue weighted by molar-refractivity contribution is 6.00. The smallest absolute Gasteiger partial charge is 0.257 e. The summed E-state index contributed by atoms with van der Waals surface area (Å²) in [7, 11) is 0. The van der Waals surface area contributed by atoms with Crippen LogP contribution in [0.15, 0.2) is 24.8 Å². The Hall–Kier alpha value is -1.99. The maximum Gasteiger partial charge on any atom is 0.257 e. The first-order valence-electron chi connectivity index (χ1n) is 7.12. The van der Waals surface area contributed by atoms with E-state index in [1.54, 1.807) is 29.3 Å². The van der Waals surface area contributed by atoms with Crippen molar-refractivity contribution in [2.45, 2.75) is 18.6 Å². The van der Waals surface area contributed by atoms with Gasteiger partial charge in [0.2, 0.25) is 0 Å². The molecule has 0 saturated carbocycles. The molecule has 0 bridgehead atoms. The van der Waals surface area contributed by atoms with Crippen LogP contribution in [0.3, 0.4) is 0 Å². The van der Waals surface area contributed by atoms with Crippen molar-refractivity contribution in [3.63, 3.8) is 0 Å². The Kier molecular flexibility index (Phi) is 2.90. The van der Waals surface area contributed by atoms with Crippen LogP contribution in [0.1, 0.15) is 23.2 Å². The highest BCUT2D eigenvalue weighted by Gasteiger charge is 2.41. The van der Waals surface area contributed by atoms with Crippen molar-refractivity contribution in [3.8, 4) is 0 Å². The third-order valence-electron chi connectivity index (χ3n) is 4.18. The summed E-state index contributed by atoms with van der Waals surface area (Å²) in [6, 6.07) is 0. The third-order valence-corrected chi connectivity index (χ3v) is 4.18. The molecule has 0 aliphatic carbocycles. The summed E-state index contributed by atoms with van der Waals surface area (Å²) in [6.07, 6.45) is 8.08. The number of likely N-dealkylation sites (tertiary alicyclic amines) is 1. The van der Waals surface area contributed by atoms with E-state index >= 15 is 0 Å². The lowest BCUT2D eigenvalue weighted by Crippen LogP contribution is -2.47. The van der Waals surface area contributed by atoms with Crippen LogP contribution in [-0.2, 0) is 9.47 Å². The van der Waals surface area contributed by atoms with Crippen molar-refractivity contribution in [2.24, 2.45) is 0 Å². The van der Waals surface area contributed by atoms with Crippen molar-refractivity contribution in [1.82, 2.24) is 19.5 Å². The molecule has 2 aromatic rings. The average molecular weight is 288 g/mol. The Bertz CT molecular complexity index is 668. The second kappa shape index (κ2) is 4.78. The molecule has 2 saturated heterocycles. The molecule has 2 aliphatic heterocycles. The van der Waals surface area contributed by atoms with Crippen molar-refractivity contribution in [3.05, 3.63) is 30.4 Å². The molecule has 2 fully saturated rings. The fraction of sp³-hybridized carbons (Fsp3) is 0.500. The van der Waals surface area contributed by atoms with Crippen LogP contribution in [0.4, 0.5) is 0 Å². The minimum atomic E-state index is -0.459. The lowest BCUT2D eigenvalue weighted by atomic mass is 10.0. The summed E-state index contributed by atoms with van der Waals surface area (Å²) in [5, 5.41) is 4.19. The molecule has 0 atom stereocenters. The van der Waals surface area contributed by atoms with E-state index < -0.39 is 5.79 Å². The van der Waals surface area contributed by atoms with Crippen LogP contribution >= 0.6 is 0 Å². The van der Waals surface area contributed by atoms with Crippen LogP contribution in [0, 0.1) is 0 Å². The fourth-order valence-electron chi connectivity index (χ4n) is 3.01. The van der Waals surface area contributed by atoms with Gasteiger partial charge in [0.25, 0.3) is 5.91 Å². The molecule has 21 heavy (non-hydrogen) atoms. The number of amides is 1. The molecule has 7 nitrogen and oxygen atoms in total. The zero-order valence-electron chi connectivity index (χ0n) is 11.6. The average Bonchev–Trinajstić information content (AvgIpc) is 3.15. The molecule has 0 radical (unpaired) electrons. The van der Waals surface area contributed by atoms with E-state index in [1.807, 2.05) is 4.90 Å². The van der Waals surface area contributed by atoms with Gasteiger partial charge >= 0.3 is 0 Å². The predicted octanol–water partition coefficient (Wildman–Crippen LogP) is 0.708. The number of fused-ring (bicyclic) bond motifs is 1. The van der Waals surface area contributed by atoms with Crippen LogP contribution in [0.25, 0.3) is 5.52 Å². The van der Waals surface area contributed by atoms with E-state index in [0.717, 1.165) is 18.4 Å². The van der Waals surface area contributed by atoms with E-state index in [-0.39, 0.29) is 5.91 Å². The number of hydrogen-bond acceptors (Lipinski definition) is 5. The molecule has 7 heteroatoms. The van der Waals surface area contributed by atoms with Crippen LogP contribution in [0.5, 0.6) is 0 Å². The summed E-state index contributed by atoms with van der Waals surface area (Å²) in [6.45, 7) is 2.56. The summed E-state index contributed by atoms with van der Waals surface area (Å²) < 4.78 is 13.0. The number of piperidine rings is 1. The SMILES string of the molecule is O=C(c1cnn2ccncc12)N1CCC2(CC1)OCCO2. The Morgan fingerprint density at radius 3 is 2.71 bits per heavy atom. The van der Waals surface area contributed by atoms with Crippen LogP contribution < -0.4 is 0 Å². The molecule has 0 unspecified atom stereocenters. The standard InChI is InChI=1S/C14H16N4O3/c19-13(11-9-16-18-6-3-15-10-12(11)18)17-4-1-14(2-5-17)20-7-8-21-14/h3,6,9-10H,1-2,4-5,7-8H2. The van der Waals surface area contributed by atoms with E-state index in [1.165, 1.54) is 0 Å². The van der Waals surface area contributed by atoms with Gasteiger partial charge in [0, 0.05) is 38.3 Å². The first-order valence-corrected chi connectivity index (χ1v) is 7.12. The number of aromatic nitrogens is 3. The minimum absolute atomic E-state index is 0.00848. The minimum Gasteiger partial charge on any atom is -0.347 e. The van der Waals surface area contributed by atoms with E-state index in [9.17, 15) is 4.79 Å². The van der Waals surface area contributed by atoms with Crippen LogP contribution in [0.2, 0.25) is 0 Å². The Morgan fingerprint density at radius 1 is 1.19 bits per heavy atom. The number of rotatable bonds is 1. The van der Waals surface area contributed by atoms with Crippen molar-refractivity contribution in [2.75, 3.05) is 26.3 Å². The predicted molar refractivity (Wildman–Crippen MR) is 72.8 cm³/mol. The molecule has 0 aromatic carbocycles. The molecule has 1 spiro atoms. The molecule has 1 amide bonds. The summed E-state index contributed by atoms with van der Waals surface area (Å²) in [5.41, 5.74) is 1.32. The third kappa shape index (κ3) is 2.09. The largest absolute Gasteiger partial charge is 0.347 e. The maximum atomic E-state index is 12.6. The summed E-state index contributed by atoms with van der Waals surface area (Å²) >= 11 is 0. The summed E-state index contributed by atoms with van der Waals surface area (Å²) in [5.74, 6) is -0.467. The van der Waals surface area contributed by atoms with Gasteiger partial charge in [0.1, 0.15) is 0 Å². The molecule has 4 heterocycles. The first-order chi connectivity index (χ1) is 10.3. The lowest BCUT2D eigenvalue weighted by Gasteiger charge is -2.37. The van der Waals surface area contributed by atoms with Gasteiger partial charge in [-0.25, -0.2) is 4.52 Å². The van der Waals surface area contributed by atoms with Crippen molar-refractivity contribution in [1.29, 1.82) is 0 Å². The molecule has 4 rings (SSSR count). The number of nitrogens with zero attached hydrogens (tertiary/aromatic N) is 4. The van der Waals surface area contributed by atoms with Gasteiger partial charge in [-0.2, -0.15) is 5.10 Å². The van der Waals surface area contributed by atoms with Gasteiger partial charge in [-0.1, -0.05) is 0 Å². The lowest BCUT2D eigenvalue weighted by molar-refractivity contribution is -0.181. The monoisotopic (exact) mass is 288 g/mol. The van der Waals surface area contributed by atoms with E-state index in [2.05, 4.69) is 10.1 Å². The Morgan fingerprint density at radius 2 is 1.95 bits per heavy atom. The molecule has 2 aliphatic rings. The number of ether oxygens (including phenoxy) is 2. The number of carbonyl (C=O) groups is 1. The van der Waals surface area contributed by atoms with E-state index in [4.69, 9.17) is 9.47 Å². The topological polar surface area (TPSA) is 69.0 Å². The van der Waals surface area contributed by atoms with Crippen molar-refractivity contribution >= 4 is 11.4 Å². The summed E-state index contributed by atoms with van der Waals surface area (Å²) in [4.78, 5) is 18.5. The maximum absolute atomic E-state index is 12.6. The van der Waals surface area contributed by atoms with Gasteiger partial charge in [0.15, 0.2) is 5.79 Å². The molecule has 110 valence electrons. The first kappa shape index (κ1) is 12.7. The molecular weight excluding hydrogens is 272 g/mol. The van der Waals surface area contributed by atoms with Gasteiger partial charge in [-0.3, -0.25) is 9.78 Å². The van der Waals surface area contributed by atoms with Gasteiger partial charge in [-0.05, 0) is 0 Å². The van der Waals surface area contributed by atoms with Crippen molar-refractivity contribution < 1.29 is 14.3 Å². The zero-order chi connectivity index (χ0) is 14.3. The highest BCUT2D eigenvalue weighted by atomic mass is 16.7. The van der Waals surface area contributed by atoms with Gasteiger partial charge in [-0.15, -0.1) is 0 Å². The number of hydrogen-bond donors (Lipinski definition) is 0. The quantitative estimate of drug-likeness (QED) is 0.773. The normalized spacial score (nSPS) is 21.2.